The van der Waals surface area contributed by atoms with E-state index in [-0.39, 0.29) is 0 Å². The van der Waals surface area contributed by atoms with Crippen molar-refractivity contribution in [2.24, 2.45) is 11.8 Å². The summed E-state index contributed by atoms with van der Waals surface area (Å²) in [5.74, 6) is 1.37. The first-order chi connectivity index (χ1) is 18.2. The van der Waals surface area contributed by atoms with Gasteiger partial charge in [-0.05, 0) is 80.2 Å². The molecule has 3 unspecified atom stereocenters. The number of benzene rings is 3. The van der Waals surface area contributed by atoms with Crippen LogP contribution in [0.2, 0.25) is 5.02 Å². The van der Waals surface area contributed by atoms with Crippen LogP contribution in [-0.2, 0) is 16.4 Å². The third-order valence-electron chi connectivity index (χ3n) is 8.37. The number of rotatable bonds is 6. The van der Waals surface area contributed by atoms with E-state index in [1.165, 1.54) is 5.56 Å². The second-order valence-electron chi connectivity index (χ2n) is 11.1. The maximum Gasteiger partial charge on any atom is 0.241 e. The van der Waals surface area contributed by atoms with Gasteiger partial charge in [-0.2, -0.15) is 0 Å². The Bertz CT molecular complexity index is 1650. The molecule has 0 radical (unpaired) electrons. The summed E-state index contributed by atoms with van der Waals surface area (Å²) in [4.78, 5) is 7.29. The minimum absolute atomic E-state index is 0.332. The number of nitrogens with zero attached hydrogens (tertiary/aromatic N) is 2. The van der Waals surface area contributed by atoms with Gasteiger partial charge in [-0.25, -0.2) is 13.1 Å². The number of halogens is 1. The lowest BCUT2D eigenvalue weighted by atomic mass is 9.65. The summed E-state index contributed by atoms with van der Waals surface area (Å²) in [6.07, 6.45) is 4.96. The Morgan fingerprint density at radius 2 is 1.82 bits per heavy atom. The average molecular weight is 549 g/mol. The van der Waals surface area contributed by atoms with Crippen LogP contribution in [0.25, 0.3) is 21.7 Å². The zero-order valence-corrected chi connectivity index (χ0v) is 23.3. The smallest absolute Gasteiger partial charge is 0.241 e. The van der Waals surface area contributed by atoms with Crippen molar-refractivity contribution in [2.45, 2.75) is 42.9 Å². The molecule has 38 heavy (non-hydrogen) atoms. The molecular weight excluding hydrogens is 516 g/mol. The molecule has 4 aromatic rings. The van der Waals surface area contributed by atoms with E-state index in [4.69, 9.17) is 22.3 Å². The molecule has 0 saturated heterocycles. The molecule has 6 rings (SSSR count). The van der Waals surface area contributed by atoms with E-state index < -0.39 is 10.0 Å². The molecule has 8 heteroatoms. The maximum absolute atomic E-state index is 13.4. The molecule has 3 aromatic carbocycles. The molecule has 3 atom stereocenters. The van der Waals surface area contributed by atoms with E-state index in [1.807, 2.05) is 67.5 Å². The summed E-state index contributed by atoms with van der Waals surface area (Å²) in [6, 6.07) is 17.0. The van der Waals surface area contributed by atoms with Crippen molar-refractivity contribution in [1.82, 2.24) is 9.71 Å². The topological polar surface area (TPSA) is 88.3 Å². The van der Waals surface area contributed by atoms with Gasteiger partial charge in [-0.1, -0.05) is 35.9 Å². The molecule has 0 aliphatic heterocycles. The Morgan fingerprint density at radius 1 is 1.03 bits per heavy atom. The normalized spacial score (nSPS) is 21.0. The quantitative estimate of drug-likeness (QED) is 0.303. The summed E-state index contributed by atoms with van der Waals surface area (Å²) in [5.41, 5.74) is 11.7. The highest BCUT2D eigenvalue weighted by Crippen LogP contribution is 2.49. The van der Waals surface area contributed by atoms with E-state index in [2.05, 4.69) is 4.72 Å². The van der Waals surface area contributed by atoms with Gasteiger partial charge < -0.3 is 10.6 Å². The standard InChI is InChI=1S/C30H33ClN4O2S/c1-35(2)27-7-3-6-23-22(27)5-4-8-28(23)38(36,37)33-12-11-18-13-19-15-20(14-18)29-26(16-19)34-25-17-21(31)9-10-24(25)30(29)32/h3-10,17-20,33H,11-16H2,1-2H3,(H2,32,34). The second kappa shape index (κ2) is 9.70. The van der Waals surface area contributed by atoms with Crippen LogP contribution >= 0.6 is 11.6 Å². The van der Waals surface area contributed by atoms with Crippen LogP contribution in [0.5, 0.6) is 0 Å². The van der Waals surface area contributed by atoms with Crippen LogP contribution in [0.1, 0.15) is 42.9 Å². The van der Waals surface area contributed by atoms with E-state index in [9.17, 15) is 8.42 Å². The van der Waals surface area contributed by atoms with Crippen molar-refractivity contribution in [3.8, 4) is 0 Å². The summed E-state index contributed by atoms with van der Waals surface area (Å²) >= 11 is 6.21. The summed E-state index contributed by atoms with van der Waals surface area (Å²) in [5, 5.41) is 3.31. The highest BCUT2D eigenvalue weighted by Gasteiger charge is 2.37. The Hall–Kier alpha value is -2.87. The predicted molar refractivity (Wildman–Crippen MR) is 157 cm³/mol. The van der Waals surface area contributed by atoms with Crippen molar-refractivity contribution >= 4 is 54.7 Å². The molecule has 3 N–H and O–H groups in total. The first-order valence-electron chi connectivity index (χ1n) is 13.3. The molecule has 0 spiro atoms. The summed E-state index contributed by atoms with van der Waals surface area (Å²) in [7, 11) is 0.291. The van der Waals surface area contributed by atoms with Crippen molar-refractivity contribution in [3.05, 3.63) is 70.9 Å². The lowest BCUT2D eigenvalue weighted by molar-refractivity contribution is 0.212. The molecule has 1 aromatic heterocycles. The van der Waals surface area contributed by atoms with Crippen molar-refractivity contribution < 1.29 is 8.42 Å². The van der Waals surface area contributed by atoms with E-state index in [0.717, 1.165) is 70.8 Å². The first kappa shape index (κ1) is 25.4. The number of nitrogens with one attached hydrogen (secondary N) is 1. The van der Waals surface area contributed by atoms with Crippen molar-refractivity contribution in [3.63, 3.8) is 0 Å². The van der Waals surface area contributed by atoms with Crippen molar-refractivity contribution in [2.75, 3.05) is 31.3 Å². The second-order valence-corrected chi connectivity index (χ2v) is 13.3. The molecule has 2 aliphatic carbocycles. The van der Waals surface area contributed by atoms with Gasteiger partial charge in [0.05, 0.1) is 10.4 Å². The van der Waals surface area contributed by atoms with Crippen LogP contribution in [0.4, 0.5) is 11.4 Å². The van der Waals surface area contributed by atoms with Gasteiger partial charge in [-0.3, -0.25) is 4.98 Å². The third-order valence-corrected chi connectivity index (χ3v) is 10.1. The van der Waals surface area contributed by atoms with Crippen LogP contribution in [0.3, 0.4) is 0 Å². The molecule has 2 aliphatic rings. The van der Waals surface area contributed by atoms with Gasteiger partial charge in [0.15, 0.2) is 0 Å². The molecule has 1 heterocycles. The molecule has 2 bridgehead atoms. The number of fused-ring (bicyclic) bond motifs is 6. The molecular formula is C30H33ClN4O2S. The lowest BCUT2D eigenvalue weighted by Gasteiger charge is -2.40. The minimum Gasteiger partial charge on any atom is -0.398 e. The number of nitrogen functional groups attached to an aromatic ring is 1. The van der Waals surface area contributed by atoms with Crippen LogP contribution in [-0.4, -0.2) is 34.0 Å². The fraction of sp³-hybridized carbons (Fsp3) is 0.367. The van der Waals surface area contributed by atoms with Crippen LogP contribution < -0.4 is 15.4 Å². The number of hydrogen-bond donors (Lipinski definition) is 2. The molecule has 0 amide bonds. The SMILES string of the molecule is CN(C)c1cccc2c(S(=O)(=O)NCCC3CC4Cc5nc6cc(Cl)ccc6c(N)c5C(C3)C4)cccc12. The Labute approximate surface area is 229 Å². The molecule has 198 valence electrons. The fourth-order valence-electron chi connectivity index (χ4n) is 6.78. The van der Waals surface area contributed by atoms with Gasteiger partial charge >= 0.3 is 0 Å². The number of aromatic nitrogens is 1. The van der Waals surface area contributed by atoms with Crippen LogP contribution in [0, 0.1) is 11.8 Å². The van der Waals surface area contributed by atoms with Gasteiger partial charge in [0.1, 0.15) is 0 Å². The first-order valence-corrected chi connectivity index (χ1v) is 15.1. The number of sulfonamides is 1. The lowest BCUT2D eigenvalue weighted by Crippen LogP contribution is -2.32. The monoisotopic (exact) mass is 548 g/mol. The van der Waals surface area contributed by atoms with E-state index in [0.29, 0.717) is 34.2 Å². The zero-order valence-electron chi connectivity index (χ0n) is 21.7. The summed E-state index contributed by atoms with van der Waals surface area (Å²) in [6.45, 7) is 0.424. The van der Waals surface area contributed by atoms with E-state index in [1.54, 1.807) is 6.07 Å². The van der Waals surface area contributed by atoms with Gasteiger partial charge in [-0.15, -0.1) is 0 Å². The Kier molecular flexibility index (Phi) is 6.49. The van der Waals surface area contributed by atoms with Gasteiger partial charge in [0.2, 0.25) is 10.0 Å². The van der Waals surface area contributed by atoms with E-state index >= 15 is 0 Å². The van der Waals surface area contributed by atoms with Gasteiger partial charge in [0, 0.05) is 64.5 Å². The molecule has 6 nitrogen and oxygen atoms in total. The number of pyridine rings is 1. The maximum atomic E-state index is 13.4. The minimum atomic E-state index is -3.64. The average Bonchev–Trinajstić information content (AvgIpc) is 2.87. The van der Waals surface area contributed by atoms with Gasteiger partial charge in [0.25, 0.3) is 0 Å². The number of hydrogen-bond acceptors (Lipinski definition) is 5. The van der Waals surface area contributed by atoms with Crippen molar-refractivity contribution in [1.29, 1.82) is 0 Å². The highest BCUT2D eigenvalue weighted by atomic mass is 35.5. The zero-order chi connectivity index (χ0) is 26.6. The number of anilines is 2. The predicted octanol–water partition coefficient (Wildman–Crippen LogP) is 6.11. The number of nitrogens with two attached hydrogens (primary N) is 1. The van der Waals surface area contributed by atoms with Crippen LogP contribution in [0.15, 0.2) is 59.5 Å². The Balaban J connectivity index is 1.18. The molecule has 1 saturated carbocycles. The fourth-order valence-corrected chi connectivity index (χ4v) is 8.22. The third kappa shape index (κ3) is 4.51. The highest BCUT2D eigenvalue weighted by molar-refractivity contribution is 7.89. The Morgan fingerprint density at radius 3 is 2.63 bits per heavy atom. The largest absolute Gasteiger partial charge is 0.398 e. The summed E-state index contributed by atoms with van der Waals surface area (Å²) < 4.78 is 29.6. The molecule has 1 fully saturated rings.